The maximum absolute atomic E-state index is 11.1. The van der Waals surface area contributed by atoms with Crippen molar-refractivity contribution in [1.29, 1.82) is 0 Å². The van der Waals surface area contributed by atoms with Gasteiger partial charge in [0.1, 0.15) is 17.3 Å². The summed E-state index contributed by atoms with van der Waals surface area (Å²) in [5.41, 5.74) is 0.838. The minimum atomic E-state index is -6.43. The number of para-hydroxylation sites is 2. The molecule has 0 fully saturated rings. The number of pyridine rings is 1. The van der Waals surface area contributed by atoms with Gasteiger partial charge in [0.05, 0.1) is 73.2 Å². The topological polar surface area (TPSA) is 35.9 Å². The van der Waals surface area contributed by atoms with Crippen LogP contribution in [0.5, 0.6) is 11.5 Å². The highest BCUT2D eigenvalue weighted by atomic mass is 28.3. The number of imidazole rings is 1. The number of rotatable bonds is 13. The second-order valence-electron chi connectivity index (χ2n) is 24.2. The highest BCUT2D eigenvalue weighted by Crippen LogP contribution is 2.41. The Labute approximate surface area is 591 Å². The fourth-order valence-corrected chi connectivity index (χ4v) is 15.4. The minimum absolute atomic E-state index is 0.0104. The maximum atomic E-state index is 11.1. The minimum Gasteiger partial charge on any atom is -0.458 e. The third-order valence-electron chi connectivity index (χ3n) is 16.4. The normalized spacial score (nSPS) is 17.0. The molecular weight excluding hydrogens is 1150 g/mol. The monoisotopic (exact) mass is 1250 g/mol. The fourth-order valence-electron chi connectivity index (χ4n) is 11.8. The molecule has 0 aliphatic rings. The van der Waals surface area contributed by atoms with Gasteiger partial charge in [-0.05, 0) is 143 Å². The Morgan fingerprint density at radius 3 is 1.67 bits per heavy atom. The molecule has 3 aromatic heterocycles. The zero-order chi connectivity index (χ0) is 91.2. The predicted octanol–water partition coefficient (Wildman–Crippen LogP) is 18.9. The van der Waals surface area contributed by atoms with Crippen LogP contribution in [-0.4, -0.2) is 22.2 Å². The van der Waals surface area contributed by atoms with Crippen molar-refractivity contribution in [2.45, 2.75) is 59.2 Å². The lowest BCUT2D eigenvalue weighted by Crippen LogP contribution is -2.74. The molecule has 6 heteroatoms. The fraction of sp³-hybridized carbons (Fsp3) is 0.103. The Morgan fingerprint density at radius 1 is 0.452 bits per heavy atom. The molecule has 0 saturated carbocycles. The summed E-state index contributed by atoms with van der Waals surface area (Å²) in [6.45, 7) is 9.08. The van der Waals surface area contributed by atoms with Crippen LogP contribution in [0.2, 0.25) is 0 Å². The molecule has 12 aromatic carbocycles. The van der Waals surface area contributed by atoms with Gasteiger partial charge in [-0.15, -0.1) is 0 Å². The lowest BCUT2D eigenvalue weighted by molar-refractivity contribution is -0.571. The standard InChI is InChI=1S/C87H72N4OSi/c1-60-50-84(88-58-79(60)62-30-15-9-16-31-62)91-80-45-24-23-42-77(80)78-48-47-70(57-82(78)91)92-69-34-26-33-68(56-69)89-59-90(81-49-46-63(54-83(81)89)61-28-13-8-14-29-61)85-75(43-27-44-76(85)65-51-66(86(2,3)4)55-67(52-65)87(5,6)7)64-32-25-41-74(53-64)93(71-35-17-10-18-36-71,72-37-19-11-20-38-72)73-39-21-12-22-40-73/h8-58H,1-7H3/i1D3,8D,9D,10D,11D,12D,13D,14D,15D,16D,17D,18D,19D,20D,21D,22D,25D,28D,29D,30D,31D,32D,35D,36D,37D,38D,39D,40D,41D,53D. The van der Waals surface area contributed by atoms with Crippen LogP contribution in [0.25, 0.3) is 94.5 Å². The number of aromatic nitrogens is 4. The van der Waals surface area contributed by atoms with Crippen molar-refractivity contribution in [3.05, 3.63) is 332 Å². The first-order valence-electron chi connectivity index (χ1n) is 45.6. The van der Waals surface area contributed by atoms with Crippen LogP contribution in [0.4, 0.5) is 0 Å². The quantitative estimate of drug-likeness (QED) is 0.0499. The van der Waals surface area contributed by atoms with Crippen LogP contribution in [0.15, 0.2) is 309 Å². The van der Waals surface area contributed by atoms with Crippen molar-refractivity contribution < 1.29 is 53.2 Å². The van der Waals surface area contributed by atoms with Crippen molar-refractivity contribution >= 4 is 61.7 Å². The predicted molar refractivity (Wildman–Crippen MR) is 390 cm³/mol. The van der Waals surface area contributed by atoms with E-state index in [1.807, 2.05) is 71.9 Å². The van der Waals surface area contributed by atoms with Gasteiger partial charge in [0, 0.05) is 32.7 Å². The van der Waals surface area contributed by atoms with E-state index in [1.54, 1.807) is 88.0 Å². The lowest BCUT2D eigenvalue weighted by atomic mass is 9.78. The summed E-state index contributed by atoms with van der Waals surface area (Å²) in [7, 11) is -6.43. The molecular formula is C87H72N4OSi. The summed E-state index contributed by atoms with van der Waals surface area (Å²) in [5.74, 6) is 0.432. The molecule has 93 heavy (non-hydrogen) atoms. The number of fused-ring (bicyclic) bond motifs is 4. The molecule has 450 valence electrons. The molecule has 0 aliphatic carbocycles. The van der Waals surface area contributed by atoms with E-state index < -0.39 is 227 Å². The Morgan fingerprint density at radius 2 is 1.02 bits per heavy atom. The van der Waals surface area contributed by atoms with Gasteiger partial charge in [-0.25, -0.2) is 4.98 Å². The number of hydrogen-bond acceptors (Lipinski definition) is 2. The van der Waals surface area contributed by atoms with Crippen LogP contribution < -0.4 is 30.1 Å². The van der Waals surface area contributed by atoms with E-state index in [0.717, 1.165) is 17.3 Å². The number of aryl methyl sites for hydroxylation is 1. The van der Waals surface area contributed by atoms with Crippen molar-refractivity contribution in [1.82, 2.24) is 14.1 Å². The van der Waals surface area contributed by atoms with Gasteiger partial charge in [-0.2, -0.15) is 0 Å². The van der Waals surface area contributed by atoms with Gasteiger partial charge in [0.15, 0.2) is 8.07 Å². The van der Waals surface area contributed by atoms with Crippen molar-refractivity contribution in [2.75, 3.05) is 0 Å². The highest BCUT2D eigenvalue weighted by molar-refractivity contribution is 7.19. The number of hydrogen-bond donors (Lipinski definition) is 0. The Balaban J connectivity index is 1.04. The van der Waals surface area contributed by atoms with Gasteiger partial charge in [-0.1, -0.05) is 290 Å². The SMILES string of the molecule is [2H]c1c([2H])c([2H])c(-c2ccc3c(c2)n(-c2cccc(Oc4ccc5c6ccccc6n(-c6cc(C([2H])([2H])[2H])c(-c7c([2H])c([2H])c([2H])c([2H])c7[2H])cn6)c5c4)c2)[c-][n+]3-c2c(-c3cc(C(C)(C)C)cc(C(C)(C)C)c3)cccc2-c2c([2H])c([2H])c([2H])c([Si](c3c([2H])c([2H])c([2H])c([2H])c3[2H])(c3c([2H])c([2H])c([2H])c([2H])c3[2H])c3c([2H])c([2H])c([2H])c([2H])c3[2H])c2[2H])c([2H])c1[2H]. The van der Waals surface area contributed by atoms with Crippen LogP contribution >= 0.6 is 0 Å². The lowest BCUT2D eigenvalue weighted by Gasteiger charge is -2.34. The molecule has 0 aliphatic heterocycles. The molecule has 0 radical (unpaired) electrons. The largest absolute Gasteiger partial charge is 0.458 e. The summed E-state index contributed by atoms with van der Waals surface area (Å²) in [6.07, 6.45) is 4.68. The molecule has 0 saturated heterocycles. The Hall–Kier alpha value is -10.9. The molecule has 0 spiro atoms. The van der Waals surface area contributed by atoms with Crippen molar-refractivity contribution in [3.8, 4) is 73.2 Å². The molecule has 15 rings (SSSR count). The van der Waals surface area contributed by atoms with E-state index >= 15 is 0 Å². The summed E-state index contributed by atoms with van der Waals surface area (Å²) in [6, 6.07) is 7.55. The second-order valence-corrected chi connectivity index (χ2v) is 27.7. The number of nitrogens with zero attached hydrogens (tertiary/aromatic N) is 4. The van der Waals surface area contributed by atoms with Gasteiger partial charge in [0.25, 0.3) is 6.33 Å². The van der Waals surface area contributed by atoms with Crippen LogP contribution in [0.3, 0.4) is 0 Å². The van der Waals surface area contributed by atoms with Crippen LogP contribution in [-0.2, 0) is 10.8 Å². The average Bonchev–Trinajstić information content (AvgIpc) is 1.11. The highest BCUT2D eigenvalue weighted by Gasteiger charge is 2.41. The van der Waals surface area contributed by atoms with E-state index in [2.05, 4.69) is 6.33 Å². The number of ether oxygens (including phenoxy) is 1. The summed E-state index contributed by atoms with van der Waals surface area (Å²) >= 11 is 0. The molecule has 0 N–H and O–H groups in total. The van der Waals surface area contributed by atoms with E-state index in [0.29, 0.717) is 27.4 Å². The first-order chi connectivity index (χ1) is 58.5. The molecule has 3 heterocycles. The van der Waals surface area contributed by atoms with Gasteiger partial charge >= 0.3 is 0 Å². The maximum Gasteiger partial charge on any atom is 0.269 e. The third kappa shape index (κ3) is 10.8. The zero-order valence-electron chi connectivity index (χ0n) is 82.9. The third-order valence-corrected chi connectivity index (χ3v) is 20.4. The van der Waals surface area contributed by atoms with E-state index in [4.69, 9.17) is 28.9 Å². The average molecular weight is 1250 g/mol. The Kier molecular flexibility index (Phi) is 8.39. The zero-order valence-corrected chi connectivity index (χ0v) is 51.9. The van der Waals surface area contributed by atoms with Crippen LogP contribution in [0.1, 0.15) is 102 Å². The molecule has 0 bridgehead atoms. The summed E-state index contributed by atoms with van der Waals surface area (Å²) in [5, 5.41) is -2.80. The smallest absolute Gasteiger partial charge is 0.269 e. The van der Waals surface area contributed by atoms with Gasteiger partial charge < -0.3 is 4.74 Å². The van der Waals surface area contributed by atoms with E-state index in [1.165, 1.54) is 22.8 Å². The van der Waals surface area contributed by atoms with Crippen molar-refractivity contribution in [2.24, 2.45) is 0 Å². The van der Waals surface area contributed by atoms with Crippen molar-refractivity contribution in [3.63, 3.8) is 0 Å². The van der Waals surface area contributed by atoms with Crippen LogP contribution in [0, 0.1) is 13.2 Å². The number of benzene rings is 12. The first-order valence-corrected chi connectivity index (χ1v) is 31.6. The molecule has 0 amide bonds. The summed E-state index contributed by atoms with van der Waals surface area (Å²) in [4.78, 5) is 4.73. The van der Waals surface area contributed by atoms with Gasteiger partial charge in [-0.3, -0.25) is 13.7 Å². The Bertz CT molecular complexity index is 6880. The molecule has 5 nitrogen and oxygen atoms in total. The second kappa shape index (κ2) is 23.7. The first kappa shape index (κ1) is 32.9. The van der Waals surface area contributed by atoms with E-state index in [9.17, 15) is 24.7 Å². The molecule has 0 atom stereocenters. The van der Waals surface area contributed by atoms with Gasteiger partial charge in [0.2, 0.25) is 0 Å². The molecule has 15 aromatic rings. The van der Waals surface area contributed by atoms with E-state index in [-0.39, 0.29) is 78.7 Å². The summed E-state index contributed by atoms with van der Waals surface area (Å²) < 4.78 is 309. The molecule has 0 unspecified atom stereocenters.